The van der Waals surface area contributed by atoms with E-state index >= 15 is 0 Å². The molecule has 0 aliphatic heterocycles. The van der Waals surface area contributed by atoms with Crippen LogP contribution >= 0.6 is 0 Å². The van der Waals surface area contributed by atoms with Gasteiger partial charge in [0.2, 0.25) is 0 Å². The molecule has 0 saturated carbocycles. The lowest BCUT2D eigenvalue weighted by Crippen LogP contribution is -2.25. The SMILES string of the molecule is COC[C@H](N)CCCOc1ccc2ccccc2c1Cn1cnc2c(N)ncnc21. The van der Waals surface area contributed by atoms with Crippen molar-refractivity contribution in [1.29, 1.82) is 0 Å². The Morgan fingerprint density at radius 3 is 2.83 bits per heavy atom. The summed E-state index contributed by atoms with van der Waals surface area (Å²) >= 11 is 0. The molecule has 4 rings (SSSR count). The van der Waals surface area contributed by atoms with Gasteiger partial charge in [0.1, 0.15) is 17.6 Å². The van der Waals surface area contributed by atoms with Gasteiger partial charge in [-0.25, -0.2) is 15.0 Å². The Hall–Kier alpha value is -3.23. The lowest BCUT2D eigenvalue weighted by atomic mass is 10.0. The highest BCUT2D eigenvalue weighted by Gasteiger charge is 2.14. The Morgan fingerprint density at radius 1 is 1.10 bits per heavy atom. The van der Waals surface area contributed by atoms with Crippen LogP contribution in [0.3, 0.4) is 0 Å². The van der Waals surface area contributed by atoms with Crippen LogP contribution in [0.25, 0.3) is 21.9 Å². The van der Waals surface area contributed by atoms with Crippen molar-refractivity contribution in [2.75, 3.05) is 26.1 Å². The second-order valence-electron chi connectivity index (χ2n) is 7.27. The molecule has 4 aromatic rings. The normalized spacial score (nSPS) is 12.5. The molecule has 1 atom stereocenters. The molecule has 156 valence electrons. The van der Waals surface area contributed by atoms with Gasteiger partial charge in [-0.15, -0.1) is 0 Å². The number of benzene rings is 2. The maximum atomic E-state index is 6.17. The molecule has 2 aromatic carbocycles. The summed E-state index contributed by atoms with van der Waals surface area (Å²) in [6.07, 6.45) is 4.90. The Kier molecular flexibility index (Phi) is 6.06. The van der Waals surface area contributed by atoms with Crippen LogP contribution in [0.4, 0.5) is 5.82 Å². The maximum absolute atomic E-state index is 6.17. The van der Waals surface area contributed by atoms with E-state index in [1.165, 1.54) is 6.33 Å². The first-order valence-corrected chi connectivity index (χ1v) is 9.96. The molecule has 0 saturated heterocycles. The third kappa shape index (κ3) is 4.19. The Bertz CT molecular complexity index is 1140. The van der Waals surface area contributed by atoms with Crippen LogP contribution in [-0.2, 0) is 11.3 Å². The second kappa shape index (κ2) is 9.06. The Morgan fingerprint density at radius 2 is 1.97 bits per heavy atom. The van der Waals surface area contributed by atoms with Gasteiger partial charge in [0, 0.05) is 18.7 Å². The zero-order valence-corrected chi connectivity index (χ0v) is 17.0. The first-order chi connectivity index (χ1) is 14.7. The molecule has 0 spiro atoms. The molecule has 8 heteroatoms. The molecule has 8 nitrogen and oxygen atoms in total. The van der Waals surface area contributed by atoms with Crippen molar-refractivity contribution in [3.05, 3.63) is 54.6 Å². The fourth-order valence-electron chi connectivity index (χ4n) is 3.62. The van der Waals surface area contributed by atoms with Crippen molar-refractivity contribution in [3.63, 3.8) is 0 Å². The first kappa shape index (κ1) is 20.1. The van der Waals surface area contributed by atoms with Crippen LogP contribution in [0, 0.1) is 0 Å². The quantitative estimate of drug-likeness (QED) is 0.411. The van der Waals surface area contributed by atoms with E-state index in [2.05, 4.69) is 33.2 Å². The largest absolute Gasteiger partial charge is 0.493 e. The fraction of sp³-hybridized carbons (Fsp3) is 0.318. The van der Waals surface area contributed by atoms with E-state index in [9.17, 15) is 0 Å². The lowest BCUT2D eigenvalue weighted by Gasteiger charge is -2.16. The van der Waals surface area contributed by atoms with Gasteiger partial charge in [0.25, 0.3) is 0 Å². The molecule has 0 amide bonds. The van der Waals surface area contributed by atoms with Gasteiger partial charge in [-0.3, -0.25) is 0 Å². The number of hydrogen-bond acceptors (Lipinski definition) is 7. The number of fused-ring (bicyclic) bond motifs is 2. The number of aromatic nitrogens is 4. The molecular formula is C22H26N6O2. The summed E-state index contributed by atoms with van der Waals surface area (Å²) < 4.78 is 13.2. The lowest BCUT2D eigenvalue weighted by molar-refractivity contribution is 0.172. The van der Waals surface area contributed by atoms with Crippen molar-refractivity contribution >= 4 is 27.8 Å². The predicted octanol–water partition coefficient (Wildman–Crippen LogP) is 2.74. The number of methoxy groups -OCH3 is 1. The van der Waals surface area contributed by atoms with Crippen molar-refractivity contribution in [1.82, 2.24) is 19.5 Å². The fourth-order valence-corrected chi connectivity index (χ4v) is 3.62. The van der Waals surface area contributed by atoms with E-state index in [1.807, 2.05) is 22.8 Å². The minimum absolute atomic E-state index is 0.0251. The minimum atomic E-state index is 0.0251. The summed E-state index contributed by atoms with van der Waals surface area (Å²) in [7, 11) is 1.66. The molecule has 4 N–H and O–H groups in total. The van der Waals surface area contributed by atoms with Crippen LogP contribution in [0.5, 0.6) is 5.75 Å². The summed E-state index contributed by atoms with van der Waals surface area (Å²) in [4.78, 5) is 12.8. The van der Waals surface area contributed by atoms with Crippen LogP contribution in [0.2, 0.25) is 0 Å². The summed E-state index contributed by atoms with van der Waals surface area (Å²) in [5.41, 5.74) is 14.3. The number of rotatable bonds is 9. The number of nitrogen functional groups attached to an aromatic ring is 1. The third-order valence-electron chi connectivity index (χ3n) is 5.11. The summed E-state index contributed by atoms with van der Waals surface area (Å²) in [6.45, 7) is 1.70. The van der Waals surface area contributed by atoms with Crippen molar-refractivity contribution in [3.8, 4) is 5.75 Å². The monoisotopic (exact) mass is 406 g/mol. The predicted molar refractivity (Wildman–Crippen MR) is 117 cm³/mol. The second-order valence-corrected chi connectivity index (χ2v) is 7.27. The Balaban J connectivity index is 1.61. The van der Waals surface area contributed by atoms with Crippen LogP contribution in [0.1, 0.15) is 18.4 Å². The molecular weight excluding hydrogens is 380 g/mol. The van der Waals surface area contributed by atoms with E-state index < -0.39 is 0 Å². The van der Waals surface area contributed by atoms with E-state index in [4.69, 9.17) is 20.9 Å². The molecule has 0 fully saturated rings. The van der Waals surface area contributed by atoms with Crippen molar-refractivity contribution in [2.24, 2.45) is 5.73 Å². The summed E-state index contributed by atoms with van der Waals surface area (Å²) in [5, 5.41) is 2.29. The molecule has 30 heavy (non-hydrogen) atoms. The summed E-state index contributed by atoms with van der Waals surface area (Å²) in [5.74, 6) is 1.22. The average Bonchev–Trinajstić information content (AvgIpc) is 3.17. The number of imidazole rings is 1. The molecule has 0 aliphatic carbocycles. The number of nitrogens with zero attached hydrogens (tertiary/aromatic N) is 4. The molecule has 2 heterocycles. The van der Waals surface area contributed by atoms with E-state index in [-0.39, 0.29) is 6.04 Å². The van der Waals surface area contributed by atoms with Crippen molar-refractivity contribution in [2.45, 2.75) is 25.4 Å². The zero-order valence-electron chi connectivity index (χ0n) is 17.0. The van der Waals surface area contributed by atoms with Gasteiger partial charge >= 0.3 is 0 Å². The van der Waals surface area contributed by atoms with Gasteiger partial charge in [-0.1, -0.05) is 30.3 Å². The highest BCUT2D eigenvalue weighted by molar-refractivity contribution is 5.88. The molecule has 0 unspecified atom stereocenters. The highest BCUT2D eigenvalue weighted by Crippen LogP contribution is 2.30. The van der Waals surface area contributed by atoms with E-state index in [1.54, 1.807) is 13.4 Å². The van der Waals surface area contributed by atoms with Gasteiger partial charge in [-0.05, 0) is 29.7 Å². The molecule has 0 aliphatic rings. The first-order valence-electron chi connectivity index (χ1n) is 9.96. The number of nitrogens with two attached hydrogens (primary N) is 2. The number of ether oxygens (including phenoxy) is 2. The number of anilines is 1. The molecule has 2 aromatic heterocycles. The third-order valence-corrected chi connectivity index (χ3v) is 5.11. The van der Waals surface area contributed by atoms with E-state index in [0.717, 1.165) is 34.9 Å². The Labute approximate surface area is 174 Å². The van der Waals surface area contributed by atoms with Crippen LogP contribution in [0.15, 0.2) is 49.1 Å². The van der Waals surface area contributed by atoms with Crippen molar-refractivity contribution < 1.29 is 9.47 Å². The maximum Gasteiger partial charge on any atom is 0.165 e. The zero-order chi connectivity index (χ0) is 20.9. The van der Waals surface area contributed by atoms with Crippen LogP contribution < -0.4 is 16.2 Å². The minimum Gasteiger partial charge on any atom is -0.493 e. The van der Waals surface area contributed by atoms with Gasteiger partial charge in [0.05, 0.1) is 26.1 Å². The molecule has 0 radical (unpaired) electrons. The number of hydrogen-bond donors (Lipinski definition) is 2. The van der Waals surface area contributed by atoms with Gasteiger partial charge in [-0.2, -0.15) is 0 Å². The van der Waals surface area contributed by atoms with Crippen LogP contribution in [-0.4, -0.2) is 45.9 Å². The topological polar surface area (TPSA) is 114 Å². The smallest absolute Gasteiger partial charge is 0.165 e. The average molecular weight is 406 g/mol. The molecule has 0 bridgehead atoms. The van der Waals surface area contributed by atoms with E-state index in [0.29, 0.717) is 36.7 Å². The standard InChI is InChI=1S/C22H26N6O2/c1-29-12-16(23)6-4-10-30-19-9-8-15-5-2-3-7-17(15)18(19)11-28-14-27-20-21(24)25-13-26-22(20)28/h2-3,5,7-9,13-14,16H,4,6,10-12,23H2,1H3,(H2,24,25,26)/t16-/m1/s1. The summed E-state index contributed by atoms with van der Waals surface area (Å²) in [6, 6.07) is 12.4. The van der Waals surface area contributed by atoms with Gasteiger partial charge in [0.15, 0.2) is 11.5 Å². The highest BCUT2D eigenvalue weighted by atomic mass is 16.5. The van der Waals surface area contributed by atoms with Gasteiger partial charge < -0.3 is 25.5 Å².